The van der Waals surface area contributed by atoms with E-state index >= 15 is 0 Å². The Bertz CT molecular complexity index is 716. The molecule has 28 heavy (non-hydrogen) atoms. The van der Waals surface area contributed by atoms with Crippen molar-refractivity contribution in [2.75, 3.05) is 11.1 Å². The Balaban J connectivity index is 1.80. The number of urea groups is 1. The predicted octanol–water partition coefficient (Wildman–Crippen LogP) is 5.11. The number of hydrogen-bond acceptors (Lipinski definition) is 4. The third kappa shape index (κ3) is 4.83. The van der Waals surface area contributed by atoms with Gasteiger partial charge in [-0.2, -0.15) is 0 Å². The van der Waals surface area contributed by atoms with Gasteiger partial charge in [0.1, 0.15) is 6.04 Å². The number of ether oxygens (including phenoxy) is 1. The number of esters is 1. The van der Waals surface area contributed by atoms with Crippen LogP contribution in [0.2, 0.25) is 0 Å². The molecule has 6 heteroatoms. The number of carbonyl (C=O) groups excluding carboxylic acids is 2. The van der Waals surface area contributed by atoms with E-state index in [1.165, 1.54) is 24.8 Å². The molecule has 0 radical (unpaired) electrons. The van der Waals surface area contributed by atoms with Crippen molar-refractivity contribution < 1.29 is 14.3 Å². The maximum atomic E-state index is 13.3. The van der Waals surface area contributed by atoms with Crippen LogP contribution in [0.15, 0.2) is 18.2 Å². The number of nitrogens with one attached hydrogen (secondary N) is 1. The van der Waals surface area contributed by atoms with Crippen LogP contribution in [0.4, 0.5) is 10.5 Å². The zero-order chi connectivity index (χ0) is 20.3. The minimum absolute atomic E-state index is 0.0385. The lowest BCUT2D eigenvalue weighted by molar-refractivity contribution is -0.151. The minimum Gasteiger partial charge on any atom is -0.461 e. The van der Waals surface area contributed by atoms with Gasteiger partial charge in [-0.15, -0.1) is 11.8 Å². The average molecular weight is 405 g/mol. The molecule has 3 rings (SSSR count). The molecule has 1 saturated carbocycles. The number of rotatable bonds is 4. The van der Waals surface area contributed by atoms with Crippen molar-refractivity contribution in [2.45, 2.75) is 77.3 Å². The SMILES string of the molecule is Cc1ccc(NC(=O)N2C(C(=O)OC(C)C)CSC2C2CCCCC2)cc1C. The van der Waals surface area contributed by atoms with Crippen LogP contribution in [0.25, 0.3) is 0 Å². The number of thioether (sulfide) groups is 1. The van der Waals surface area contributed by atoms with E-state index in [1.807, 2.05) is 39.0 Å². The van der Waals surface area contributed by atoms with Crippen LogP contribution in [-0.4, -0.2) is 40.2 Å². The largest absolute Gasteiger partial charge is 0.461 e. The molecule has 0 spiro atoms. The maximum Gasteiger partial charge on any atom is 0.330 e. The van der Waals surface area contributed by atoms with E-state index in [-0.39, 0.29) is 23.5 Å². The van der Waals surface area contributed by atoms with Gasteiger partial charge in [0.05, 0.1) is 11.5 Å². The molecule has 1 aliphatic carbocycles. The minimum atomic E-state index is -0.522. The third-order valence-corrected chi connectivity index (χ3v) is 7.17. The fraction of sp³-hybridized carbons (Fsp3) is 0.636. The molecule has 0 aromatic heterocycles. The van der Waals surface area contributed by atoms with E-state index in [0.717, 1.165) is 24.1 Å². The Morgan fingerprint density at radius 3 is 2.50 bits per heavy atom. The Labute approximate surface area is 172 Å². The van der Waals surface area contributed by atoms with Gasteiger partial charge in [-0.05, 0) is 69.7 Å². The molecule has 1 N–H and O–H groups in total. The summed E-state index contributed by atoms with van der Waals surface area (Å²) in [6.45, 7) is 7.77. The van der Waals surface area contributed by atoms with Crippen molar-refractivity contribution in [1.29, 1.82) is 0 Å². The van der Waals surface area contributed by atoms with Crippen LogP contribution >= 0.6 is 11.8 Å². The molecule has 2 atom stereocenters. The van der Waals surface area contributed by atoms with Crippen molar-refractivity contribution in [3.63, 3.8) is 0 Å². The van der Waals surface area contributed by atoms with E-state index in [4.69, 9.17) is 4.74 Å². The highest BCUT2D eigenvalue weighted by Gasteiger charge is 2.46. The first-order valence-electron chi connectivity index (χ1n) is 10.4. The fourth-order valence-electron chi connectivity index (χ4n) is 4.07. The third-order valence-electron chi connectivity index (χ3n) is 5.70. The van der Waals surface area contributed by atoms with Crippen molar-refractivity contribution in [1.82, 2.24) is 4.90 Å². The van der Waals surface area contributed by atoms with Crippen LogP contribution in [0.3, 0.4) is 0 Å². The second-order valence-corrected chi connectivity index (χ2v) is 9.41. The van der Waals surface area contributed by atoms with Crippen molar-refractivity contribution in [3.8, 4) is 0 Å². The second kappa shape index (κ2) is 9.21. The highest BCUT2D eigenvalue weighted by atomic mass is 32.2. The lowest BCUT2D eigenvalue weighted by atomic mass is 9.88. The molecule has 0 bridgehead atoms. The molecule has 2 fully saturated rings. The summed E-state index contributed by atoms with van der Waals surface area (Å²) < 4.78 is 5.46. The Morgan fingerprint density at radius 1 is 1.14 bits per heavy atom. The van der Waals surface area contributed by atoms with Crippen molar-refractivity contribution in [2.24, 2.45) is 5.92 Å². The average Bonchev–Trinajstić information content (AvgIpc) is 3.10. The molecular weight excluding hydrogens is 372 g/mol. The molecule has 2 aliphatic rings. The molecule has 1 heterocycles. The van der Waals surface area contributed by atoms with E-state index < -0.39 is 6.04 Å². The topological polar surface area (TPSA) is 58.6 Å². The summed E-state index contributed by atoms with van der Waals surface area (Å²) in [6.07, 6.45) is 5.73. The Morgan fingerprint density at radius 2 is 1.86 bits per heavy atom. The summed E-state index contributed by atoms with van der Waals surface area (Å²) in [5.41, 5.74) is 3.09. The van der Waals surface area contributed by atoms with Crippen LogP contribution < -0.4 is 5.32 Å². The van der Waals surface area contributed by atoms with Gasteiger partial charge >= 0.3 is 12.0 Å². The molecule has 1 aromatic carbocycles. The summed E-state index contributed by atoms with van der Waals surface area (Å²) >= 11 is 1.73. The molecule has 154 valence electrons. The summed E-state index contributed by atoms with van der Waals surface area (Å²) in [7, 11) is 0. The zero-order valence-corrected chi connectivity index (χ0v) is 18.2. The molecule has 1 saturated heterocycles. The summed E-state index contributed by atoms with van der Waals surface area (Å²) in [6, 6.07) is 5.18. The van der Waals surface area contributed by atoms with Crippen LogP contribution in [0.5, 0.6) is 0 Å². The number of hydrogen-bond donors (Lipinski definition) is 1. The maximum absolute atomic E-state index is 13.3. The van der Waals surface area contributed by atoms with Crippen LogP contribution in [-0.2, 0) is 9.53 Å². The summed E-state index contributed by atoms with van der Waals surface area (Å²) in [4.78, 5) is 27.7. The van der Waals surface area contributed by atoms with E-state index in [1.54, 1.807) is 16.7 Å². The number of aryl methyl sites for hydroxylation is 2. The van der Waals surface area contributed by atoms with Crippen molar-refractivity contribution in [3.05, 3.63) is 29.3 Å². The summed E-state index contributed by atoms with van der Waals surface area (Å²) in [5, 5.41) is 3.06. The Hall–Kier alpha value is -1.69. The number of amides is 2. The predicted molar refractivity (Wildman–Crippen MR) is 115 cm³/mol. The molecule has 1 aromatic rings. The van der Waals surface area contributed by atoms with Gasteiger partial charge in [0.25, 0.3) is 0 Å². The summed E-state index contributed by atoms with van der Waals surface area (Å²) in [5.74, 6) is 0.754. The number of benzene rings is 1. The number of carbonyl (C=O) groups is 2. The lowest BCUT2D eigenvalue weighted by Gasteiger charge is -2.35. The van der Waals surface area contributed by atoms with Gasteiger partial charge in [-0.1, -0.05) is 25.3 Å². The van der Waals surface area contributed by atoms with Gasteiger partial charge in [0, 0.05) is 11.4 Å². The highest BCUT2D eigenvalue weighted by molar-refractivity contribution is 8.00. The molecule has 2 amide bonds. The standard InChI is InChI=1S/C22H32N2O3S/c1-14(2)27-21(25)19-13-28-20(17-8-6-5-7-9-17)24(19)22(26)23-18-11-10-15(3)16(4)12-18/h10-12,14,17,19-20H,5-9,13H2,1-4H3,(H,23,26). The quantitative estimate of drug-likeness (QED) is 0.709. The van der Waals surface area contributed by atoms with Crippen molar-refractivity contribution >= 4 is 29.4 Å². The van der Waals surface area contributed by atoms with E-state index in [9.17, 15) is 9.59 Å². The second-order valence-electron chi connectivity index (χ2n) is 8.26. The van der Waals surface area contributed by atoms with Crippen LogP contribution in [0, 0.1) is 19.8 Å². The smallest absolute Gasteiger partial charge is 0.330 e. The van der Waals surface area contributed by atoms with E-state index in [0.29, 0.717) is 11.7 Å². The monoisotopic (exact) mass is 404 g/mol. The Kier molecular flexibility index (Phi) is 6.91. The molecular formula is C22H32N2O3S. The van der Waals surface area contributed by atoms with E-state index in [2.05, 4.69) is 12.2 Å². The first-order chi connectivity index (χ1) is 13.4. The van der Waals surface area contributed by atoms with Crippen LogP contribution in [0.1, 0.15) is 57.1 Å². The van der Waals surface area contributed by atoms with Gasteiger partial charge in [-0.3, -0.25) is 4.90 Å². The van der Waals surface area contributed by atoms with Gasteiger partial charge in [0.2, 0.25) is 0 Å². The number of anilines is 1. The number of nitrogens with zero attached hydrogens (tertiary/aromatic N) is 1. The van der Waals surface area contributed by atoms with Gasteiger partial charge in [0.15, 0.2) is 0 Å². The van der Waals surface area contributed by atoms with Gasteiger partial charge in [-0.25, -0.2) is 9.59 Å². The van der Waals surface area contributed by atoms with Gasteiger partial charge < -0.3 is 10.1 Å². The first-order valence-corrected chi connectivity index (χ1v) is 11.4. The molecule has 1 aliphatic heterocycles. The lowest BCUT2D eigenvalue weighted by Crippen LogP contribution is -2.50. The first kappa shape index (κ1) is 21.0. The molecule has 2 unspecified atom stereocenters. The highest BCUT2D eigenvalue weighted by Crippen LogP contribution is 2.41. The normalized spacial score (nSPS) is 23.1. The zero-order valence-electron chi connectivity index (χ0n) is 17.4. The fourth-order valence-corrected chi connectivity index (χ4v) is 5.69. The molecule has 5 nitrogen and oxygen atoms in total.